The number of aliphatic carboxylic acids is 1. The van der Waals surface area contributed by atoms with Gasteiger partial charge in [0.25, 0.3) is 0 Å². The molecule has 19 heavy (non-hydrogen) atoms. The van der Waals surface area contributed by atoms with Crippen LogP contribution in [-0.4, -0.2) is 40.1 Å². The van der Waals surface area contributed by atoms with E-state index in [2.05, 4.69) is 12.2 Å². The van der Waals surface area contributed by atoms with Gasteiger partial charge in [-0.25, -0.2) is 4.79 Å². The van der Waals surface area contributed by atoms with Crippen LogP contribution >= 0.6 is 0 Å². The van der Waals surface area contributed by atoms with Gasteiger partial charge in [0.05, 0.1) is 5.92 Å². The van der Waals surface area contributed by atoms with Crippen LogP contribution in [0.4, 0.5) is 4.79 Å². The molecule has 2 N–H and O–H groups in total. The third-order valence-electron chi connectivity index (χ3n) is 4.45. The highest BCUT2D eigenvalue weighted by Crippen LogP contribution is 2.41. The van der Waals surface area contributed by atoms with Gasteiger partial charge in [0.1, 0.15) is 0 Å². The second-order valence-electron chi connectivity index (χ2n) is 5.88. The molecule has 2 aliphatic rings. The predicted octanol–water partition coefficient (Wildman–Crippen LogP) is 2.21. The summed E-state index contributed by atoms with van der Waals surface area (Å²) in [6, 6.07) is 0.126. The molecule has 2 fully saturated rings. The molecule has 2 bridgehead atoms. The Balaban J connectivity index is 1.91. The van der Waals surface area contributed by atoms with E-state index in [0.29, 0.717) is 6.42 Å². The third kappa shape index (κ3) is 2.85. The van der Waals surface area contributed by atoms with E-state index in [1.807, 2.05) is 6.92 Å². The van der Waals surface area contributed by atoms with Gasteiger partial charge in [-0.15, -0.1) is 0 Å². The normalized spacial score (nSPS) is 30.4. The van der Waals surface area contributed by atoms with Gasteiger partial charge in [0.2, 0.25) is 0 Å². The molecular formula is C14H24N2O3. The predicted molar refractivity (Wildman–Crippen MR) is 71.9 cm³/mol. The van der Waals surface area contributed by atoms with Gasteiger partial charge in [-0.05, 0) is 32.6 Å². The molecule has 0 saturated carbocycles. The summed E-state index contributed by atoms with van der Waals surface area (Å²) >= 11 is 0. The van der Waals surface area contributed by atoms with Crippen LogP contribution in [0.25, 0.3) is 0 Å². The first-order chi connectivity index (χ1) is 9.04. The van der Waals surface area contributed by atoms with Gasteiger partial charge in [-0.1, -0.05) is 19.8 Å². The summed E-state index contributed by atoms with van der Waals surface area (Å²) in [4.78, 5) is 25.2. The van der Waals surface area contributed by atoms with Crippen LogP contribution in [0.15, 0.2) is 0 Å². The first kappa shape index (κ1) is 14.2. The van der Waals surface area contributed by atoms with Crippen molar-refractivity contribution in [3.8, 4) is 0 Å². The number of urea groups is 1. The van der Waals surface area contributed by atoms with E-state index in [4.69, 9.17) is 0 Å². The van der Waals surface area contributed by atoms with E-state index >= 15 is 0 Å². The van der Waals surface area contributed by atoms with Crippen LogP contribution in [0.1, 0.15) is 52.4 Å². The molecule has 4 unspecified atom stereocenters. The molecule has 5 heteroatoms. The Morgan fingerprint density at radius 2 is 2.16 bits per heavy atom. The van der Waals surface area contributed by atoms with Crippen LogP contribution in [0.2, 0.25) is 0 Å². The summed E-state index contributed by atoms with van der Waals surface area (Å²) in [6.07, 6.45) is 5.61. The molecule has 0 spiro atoms. The van der Waals surface area contributed by atoms with Crippen molar-refractivity contribution in [2.75, 3.05) is 0 Å². The fourth-order valence-electron chi connectivity index (χ4n) is 3.44. The maximum absolute atomic E-state index is 12.3. The molecule has 0 aromatic rings. The Hall–Kier alpha value is -1.26. The lowest BCUT2D eigenvalue weighted by atomic mass is 9.89. The Labute approximate surface area is 114 Å². The summed E-state index contributed by atoms with van der Waals surface area (Å²) in [7, 11) is 0. The lowest BCUT2D eigenvalue weighted by Crippen LogP contribution is -2.47. The fraction of sp³-hybridized carbons (Fsp3) is 0.857. The summed E-state index contributed by atoms with van der Waals surface area (Å²) < 4.78 is 0. The second-order valence-corrected chi connectivity index (χ2v) is 5.88. The highest BCUT2D eigenvalue weighted by molar-refractivity contribution is 5.79. The smallest absolute Gasteiger partial charge is 0.318 e. The van der Waals surface area contributed by atoms with Crippen LogP contribution in [0.5, 0.6) is 0 Å². The molecule has 0 aromatic heterocycles. The number of hydrogen-bond acceptors (Lipinski definition) is 2. The zero-order valence-corrected chi connectivity index (χ0v) is 11.8. The number of carbonyl (C=O) groups is 2. The average Bonchev–Trinajstić information content (AvgIpc) is 2.93. The van der Waals surface area contributed by atoms with Crippen molar-refractivity contribution in [3.63, 3.8) is 0 Å². The van der Waals surface area contributed by atoms with E-state index in [0.717, 1.165) is 32.1 Å². The van der Waals surface area contributed by atoms with Crippen molar-refractivity contribution in [3.05, 3.63) is 0 Å². The summed E-state index contributed by atoms with van der Waals surface area (Å²) in [5.41, 5.74) is 0. The van der Waals surface area contributed by atoms with Crippen LogP contribution in [0, 0.1) is 5.92 Å². The highest BCUT2D eigenvalue weighted by Gasteiger charge is 2.51. The maximum atomic E-state index is 12.3. The number of carboxylic acid groups (broad SMARTS) is 1. The fourth-order valence-corrected chi connectivity index (χ4v) is 3.44. The standard InChI is InChI=1S/C14H24N2O3/c1-3-4-5-9(2)15-14(19)16-10-6-7-12(16)11(8-10)13(17)18/h9-12H,3-8H2,1-2H3,(H,15,19)(H,17,18). The van der Waals surface area contributed by atoms with Crippen molar-refractivity contribution in [1.82, 2.24) is 10.2 Å². The third-order valence-corrected chi connectivity index (χ3v) is 4.45. The molecule has 0 aromatic carbocycles. The quantitative estimate of drug-likeness (QED) is 0.803. The monoisotopic (exact) mass is 268 g/mol. The van der Waals surface area contributed by atoms with Crippen LogP contribution in [-0.2, 0) is 4.79 Å². The van der Waals surface area contributed by atoms with Gasteiger partial charge >= 0.3 is 12.0 Å². The molecule has 2 amide bonds. The van der Waals surface area contributed by atoms with E-state index in [9.17, 15) is 14.7 Å². The van der Waals surface area contributed by atoms with Gasteiger partial charge < -0.3 is 15.3 Å². The maximum Gasteiger partial charge on any atom is 0.318 e. The number of nitrogens with one attached hydrogen (secondary N) is 1. The van der Waals surface area contributed by atoms with Gasteiger partial charge in [-0.2, -0.15) is 0 Å². The molecular weight excluding hydrogens is 244 g/mol. The first-order valence-corrected chi connectivity index (χ1v) is 7.36. The number of carboxylic acids is 1. The number of carbonyl (C=O) groups excluding carboxylic acids is 1. The SMILES string of the molecule is CCCCC(C)NC(=O)N1C2CCC1C(C(=O)O)C2. The van der Waals surface area contributed by atoms with Gasteiger partial charge in [-0.3, -0.25) is 4.79 Å². The molecule has 2 aliphatic heterocycles. The Morgan fingerprint density at radius 3 is 2.74 bits per heavy atom. The molecule has 4 atom stereocenters. The average molecular weight is 268 g/mol. The van der Waals surface area contributed by atoms with E-state index in [1.165, 1.54) is 0 Å². The summed E-state index contributed by atoms with van der Waals surface area (Å²) in [6.45, 7) is 4.15. The van der Waals surface area contributed by atoms with Crippen molar-refractivity contribution >= 4 is 12.0 Å². The van der Waals surface area contributed by atoms with Crippen molar-refractivity contribution in [1.29, 1.82) is 0 Å². The molecule has 0 radical (unpaired) electrons. The number of unbranched alkanes of at least 4 members (excludes halogenated alkanes) is 1. The molecule has 0 aliphatic carbocycles. The number of fused-ring (bicyclic) bond motifs is 2. The highest BCUT2D eigenvalue weighted by atomic mass is 16.4. The lowest BCUT2D eigenvalue weighted by Gasteiger charge is -2.25. The molecule has 108 valence electrons. The number of nitrogens with zero attached hydrogens (tertiary/aromatic N) is 1. The van der Waals surface area contributed by atoms with Crippen LogP contribution < -0.4 is 5.32 Å². The minimum absolute atomic E-state index is 0.0696. The Kier molecular flexibility index (Phi) is 4.32. The molecule has 2 saturated heterocycles. The lowest BCUT2D eigenvalue weighted by molar-refractivity contribution is -0.142. The van der Waals surface area contributed by atoms with E-state index in [1.54, 1.807) is 4.90 Å². The second kappa shape index (κ2) is 5.80. The number of rotatable bonds is 5. The molecule has 5 nitrogen and oxygen atoms in total. The topological polar surface area (TPSA) is 69.6 Å². The van der Waals surface area contributed by atoms with E-state index < -0.39 is 5.97 Å². The van der Waals surface area contributed by atoms with Gasteiger partial charge in [0, 0.05) is 18.1 Å². The summed E-state index contributed by atoms with van der Waals surface area (Å²) in [5, 5.41) is 12.2. The largest absolute Gasteiger partial charge is 0.481 e. The summed E-state index contributed by atoms with van der Waals surface area (Å²) in [5.74, 6) is -1.13. The van der Waals surface area contributed by atoms with E-state index in [-0.39, 0.29) is 30.1 Å². The number of hydrogen-bond donors (Lipinski definition) is 2. The van der Waals surface area contributed by atoms with Gasteiger partial charge in [0.15, 0.2) is 0 Å². The van der Waals surface area contributed by atoms with Crippen molar-refractivity contribution < 1.29 is 14.7 Å². The minimum Gasteiger partial charge on any atom is -0.481 e. The van der Waals surface area contributed by atoms with Crippen molar-refractivity contribution in [2.24, 2.45) is 5.92 Å². The Bertz CT molecular complexity index is 359. The Morgan fingerprint density at radius 1 is 1.42 bits per heavy atom. The number of amides is 2. The van der Waals surface area contributed by atoms with Crippen LogP contribution in [0.3, 0.4) is 0 Å². The van der Waals surface area contributed by atoms with Crippen molar-refractivity contribution in [2.45, 2.75) is 70.5 Å². The molecule has 2 rings (SSSR count). The minimum atomic E-state index is -0.760. The first-order valence-electron chi connectivity index (χ1n) is 7.36. The zero-order valence-electron chi connectivity index (χ0n) is 11.8. The zero-order chi connectivity index (χ0) is 14.0. The molecule has 2 heterocycles.